The van der Waals surface area contributed by atoms with Gasteiger partial charge in [0.1, 0.15) is 0 Å². The Balaban J connectivity index is 1.62. The third kappa shape index (κ3) is 4.75. The third-order valence-corrected chi connectivity index (χ3v) is 4.97. The van der Waals surface area contributed by atoms with Crippen molar-refractivity contribution < 1.29 is 4.79 Å². The molecule has 5 nitrogen and oxygen atoms in total. The molecule has 0 spiro atoms. The number of hydrogen-bond acceptors (Lipinski definition) is 4. The van der Waals surface area contributed by atoms with E-state index in [1.807, 2.05) is 85.8 Å². The van der Waals surface area contributed by atoms with Crippen LogP contribution in [0.3, 0.4) is 0 Å². The summed E-state index contributed by atoms with van der Waals surface area (Å²) in [4.78, 5) is 17.6. The van der Waals surface area contributed by atoms with E-state index in [1.54, 1.807) is 0 Å². The van der Waals surface area contributed by atoms with Crippen LogP contribution in [0.25, 0.3) is 11.4 Å². The van der Waals surface area contributed by atoms with Crippen LogP contribution in [0.15, 0.2) is 78.9 Å². The number of rotatable bonds is 6. The van der Waals surface area contributed by atoms with Gasteiger partial charge >= 0.3 is 0 Å². The van der Waals surface area contributed by atoms with Gasteiger partial charge in [0.25, 0.3) is 5.91 Å². The minimum absolute atomic E-state index is 0.148. The van der Waals surface area contributed by atoms with Gasteiger partial charge < -0.3 is 5.32 Å². The quantitative estimate of drug-likeness (QED) is 0.457. The lowest BCUT2D eigenvalue weighted by atomic mass is 10.1. The monoisotopic (exact) mass is 416 g/mol. The van der Waals surface area contributed by atoms with Crippen molar-refractivity contribution in [2.45, 2.75) is 19.9 Å². The zero-order chi connectivity index (χ0) is 20.9. The molecule has 6 heteroatoms. The molecular weight excluding hydrogens is 396 g/mol. The van der Waals surface area contributed by atoms with Gasteiger partial charge in [0, 0.05) is 17.1 Å². The SMILES string of the molecule is Cc1ccc(-c2nc(NCc3ccc(Cl)cc3)n(C(=O)Cc3ccccc3)n2)cc1. The van der Waals surface area contributed by atoms with E-state index in [0.29, 0.717) is 23.3 Å². The Morgan fingerprint density at radius 3 is 2.33 bits per heavy atom. The number of aromatic nitrogens is 3. The maximum atomic E-state index is 13.0. The standard InChI is InChI=1S/C24H21ClN4O/c1-17-7-11-20(12-8-17)23-27-24(26-16-19-9-13-21(25)14-10-19)29(28-23)22(30)15-18-5-3-2-4-6-18/h2-14H,15-16H2,1H3,(H,26,27,28). The van der Waals surface area contributed by atoms with Crippen molar-refractivity contribution in [1.82, 2.24) is 14.8 Å². The average molecular weight is 417 g/mol. The van der Waals surface area contributed by atoms with Gasteiger partial charge in [-0.05, 0) is 30.2 Å². The molecule has 4 rings (SSSR count). The molecule has 1 aromatic heterocycles. The lowest BCUT2D eigenvalue weighted by Crippen LogP contribution is -2.18. The first-order chi connectivity index (χ1) is 14.6. The summed E-state index contributed by atoms with van der Waals surface area (Å²) in [6, 6.07) is 25.1. The minimum atomic E-state index is -0.148. The van der Waals surface area contributed by atoms with Crippen LogP contribution in [0.1, 0.15) is 21.5 Å². The van der Waals surface area contributed by atoms with E-state index in [-0.39, 0.29) is 12.3 Å². The number of anilines is 1. The summed E-state index contributed by atoms with van der Waals surface area (Å²) in [5, 5.41) is 8.43. The highest BCUT2D eigenvalue weighted by molar-refractivity contribution is 6.30. The number of benzene rings is 3. The maximum absolute atomic E-state index is 13.0. The molecule has 0 radical (unpaired) electrons. The normalized spacial score (nSPS) is 10.7. The zero-order valence-corrected chi connectivity index (χ0v) is 17.3. The molecule has 30 heavy (non-hydrogen) atoms. The molecular formula is C24H21ClN4O. The van der Waals surface area contributed by atoms with Gasteiger partial charge in [0.15, 0.2) is 5.82 Å². The van der Waals surface area contributed by atoms with Crippen LogP contribution in [0.2, 0.25) is 5.02 Å². The van der Waals surface area contributed by atoms with E-state index in [9.17, 15) is 4.79 Å². The molecule has 0 fully saturated rings. The smallest absolute Gasteiger partial charge is 0.254 e. The molecule has 0 saturated heterocycles. The van der Waals surface area contributed by atoms with Crippen molar-refractivity contribution in [2.24, 2.45) is 0 Å². The van der Waals surface area contributed by atoms with Gasteiger partial charge in [-0.25, -0.2) is 0 Å². The van der Waals surface area contributed by atoms with Gasteiger partial charge in [-0.3, -0.25) is 4.79 Å². The molecule has 0 aliphatic heterocycles. The number of halogens is 1. The van der Waals surface area contributed by atoms with Crippen LogP contribution >= 0.6 is 11.6 Å². The topological polar surface area (TPSA) is 59.8 Å². The molecule has 0 atom stereocenters. The number of carbonyl (C=O) groups is 1. The first kappa shape index (κ1) is 19.9. The highest BCUT2D eigenvalue weighted by Crippen LogP contribution is 2.20. The molecule has 150 valence electrons. The Morgan fingerprint density at radius 2 is 1.63 bits per heavy atom. The van der Waals surface area contributed by atoms with E-state index >= 15 is 0 Å². The van der Waals surface area contributed by atoms with E-state index < -0.39 is 0 Å². The highest BCUT2D eigenvalue weighted by Gasteiger charge is 2.17. The number of hydrogen-bond donors (Lipinski definition) is 1. The van der Waals surface area contributed by atoms with Gasteiger partial charge in [-0.15, -0.1) is 5.10 Å². The molecule has 0 aliphatic rings. The molecule has 0 amide bonds. The third-order valence-electron chi connectivity index (χ3n) is 4.72. The zero-order valence-electron chi connectivity index (χ0n) is 16.5. The molecule has 0 saturated carbocycles. The largest absolute Gasteiger partial charge is 0.350 e. The van der Waals surface area contributed by atoms with Crippen molar-refractivity contribution in [2.75, 3.05) is 5.32 Å². The number of aryl methyl sites for hydroxylation is 1. The summed E-state index contributed by atoms with van der Waals surface area (Å²) < 4.78 is 1.36. The van der Waals surface area contributed by atoms with E-state index in [1.165, 1.54) is 4.68 Å². The first-order valence-corrected chi connectivity index (χ1v) is 10.1. The van der Waals surface area contributed by atoms with Gasteiger partial charge in [0.05, 0.1) is 6.42 Å². The van der Waals surface area contributed by atoms with Crippen molar-refractivity contribution in [1.29, 1.82) is 0 Å². The Morgan fingerprint density at radius 1 is 0.933 bits per heavy atom. The second-order valence-corrected chi connectivity index (χ2v) is 7.51. The summed E-state index contributed by atoms with van der Waals surface area (Å²) in [6.45, 7) is 2.53. The number of nitrogens with one attached hydrogen (secondary N) is 1. The van der Waals surface area contributed by atoms with Crippen LogP contribution in [0.4, 0.5) is 5.95 Å². The average Bonchev–Trinajstić information content (AvgIpc) is 3.19. The highest BCUT2D eigenvalue weighted by atomic mass is 35.5. The first-order valence-electron chi connectivity index (χ1n) is 9.68. The molecule has 3 aromatic carbocycles. The van der Waals surface area contributed by atoms with Crippen molar-refractivity contribution in [3.63, 3.8) is 0 Å². The van der Waals surface area contributed by atoms with Crippen molar-refractivity contribution >= 4 is 23.5 Å². The van der Waals surface area contributed by atoms with Crippen LogP contribution in [0.5, 0.6) is 0 Å². The second-order valence-electron chi connectivity index (χ2n) is 7.07. The Labute approximate surface area is 180 Å². The Kier molecular flexibility index (Phi) is 5.91. The fourth-order valence-electron chi connectivity index (χ4n) is 3.05. The number of nitrogens with zero attached hydrogens (tertiary/aromatic N) is 3. The van der Waals surface area contributed by atoms with Crippen LogP contribution in [-0.2, 0) is 13.0 Å². The second kappa shape index (κ2) is 8.93. The Hall–Kier alpha value is -3.44. The molecule has 0 bridgehead atoms. The van der Waals surface area contributed by atoms with Crippen LogP contribution in [0, 0.1) is 6.92 Å². The lowest BCUT2D eigenvalue weighted by molar-refractivity contribution is 0.0901. The summed E-state index contributed by atoms with van der Waals surface area (Å²) in [7, 11) is 0. The summed E-state index contributed by atoms with van der Waals surface area (Å²) in [5.74, 6) is 0.780. The molecule has 1 N–H and O–H groups in total. The van der Waals surface area contributed by atoms with Crippen LogP contribution < -0.4 is 5.32 Å². The fourth-order valence-corrected chi connectivity index (χ4v) is 3.18. The summed E-state index contributed by atoms with van der Waals surface area (Å²) in [5.41, 5.74) is 3.97. The van der Waals surface area contributed by atoms with E-state index in [2.05, 4.69) is 15.4 Å². The molecule has 0 unspecified atom stereocenters. The predicted molar refractivity (Wildman–Crippen MR) is 120 cm³/mol. The van der Waals surface area contributed by atoms with E-state index in [0.717, 1.165) is 22.3 Å². The number of carbonyl (C=O) groups excluding carboxylic acids is 1. The summed E-state index contributed by atoms with van der Waals surface area (Å²) >= 11 is 5.96. The lowest BCUT2D eigenvalue weighted by Gasteiger charge is -2.07. The van der Waals surface area contributed by atoms with Gasteiger partial charge in [-0.2, -0.15) is 9.67 Å². The summed E-state index contributed by atoms with van der Waals surface area (Å²) in [6.07, 6.45) is 0.243. The fraction of sp³-hybridized carbons (Fsp3) is 0.125. The van der Waals surface area contributed by atoms with Crippen molar-refractivity contribution in [3.05, 3.63) is 101 Å². The van der Waals surface area contributed by atoms with Gasteiger partial charge in [-0.1, -0.05) is 83.9 Å². The minimum Gasteiger partial charge on any atom is -0.350 e. The predicted octanol–water partition coefficient (Wildman–Crippen LogP) is 5.40. The van der Waals surface area contributed by atoms with Crippen molar-refractivity contribution in [3.8, 4) is 11.4 Å². The van der Waals surface area contributed by atoms with Crippen LogP contribution in [-0.4, -0.2) is 20.7 Å². The van der Waals surface area contributed by atoms with E-state index in [4.69, 9.17) is 11.6 Å². The Bertz CT molecular complexity index is 1140. The molecule has 1 heterocycles. The molecule has 4 aromatic rings. The molecule has 0 aliphatic carbocycles. The maximum Gasteiger partial charge on any atom is 0.254 e. The van der Waals surface area contributed by atoms with Gasteiger partial charge in [0.2, 0.25) is 5.95 Å².